The zero-order valence-electron chi connectivity index (χ0n) is 11.9. The minimum atomic E-state index is 0.114. The summed E-state index contributed by atoms with van der Waals surface area (Å²) in [5.74, 6) is 0.824. The summed E-state index contributed by atoms with van der Waals surface area (Å²) in [4.78, 5) is 8.64. The summed E-state index contributed by atoms with van der Waals surface area (Å²) >= 11 is 0. The molecular formula is C15H21N5. The molecule has 20 heavy (non-hydrogen) atoms. The van der Waals surface area contributed by atoms with Crippen LogP contribution in [0, 0.1) is 0 Å². The fourth-order valence-electron chi connectivity index (χ4n) is 2.88. The van der Waals surface area contributed by atoms with Crippen molar-refractivity contribution in [2.45, 2.75) is 44.2 Å². The molecule has 0 aliphatic heterocycles. The molecule has 1 unspecified atom stereocenters. The van der Waals surface area contributed by atoms with Crippen LogP contribution in [-0.4, -0.2) is 26.8 Å². The van der Waals surface area contributed by atoms with Gasteiger partial charge in [-0.3, -0.25) is 4.68 Å². The molecule has 1 atom stereocenters. The van der Waals surface area contributed by atoms with Crippen molar-refractivity contribution in [2.24, 2.45) is 0 Å². The van der Waals surface area contributed by atoms with Crippen molar-refractivity contribution in [1.29, 1.82) is 0 Å². The summed E-state index contributed by atoms with van der Waals surface area (Å²) in [7, 11) is 1.94. The standard InChI is InChI=1S/C15H21N5/c1-16-14(15-17-8-4-9-18-15)11-12-7-10-20(19-12)13-5-2-3-6-13/h4,7-10,13-14,16H,2-3,5-6,11H2,1H3. The van der Waals surface area contributed by atoms with Gasteiger partial charge < -0.3 is 5.32 Å². The Morgan fingerprint density at radius 1 is 1.30 bits per heavy atom. The molecule has 1 fully saturated rings. The molecule has 2 aromatic rings. The molecule has 0 aromatic carbocycles. The molecular weight excluding hydrogens is 250 g/mol. The van der Waals surface area contributed by atoms with E-state index in [9.17, 15) is 0 Å². The maximum Gasteiger partial charge on any atom is 0.145 e. The number of aromatic nitrogens is 4. The first-order chi connectivity index (χ1) is 9.86. The number of hydrogen-bond acceptors (Lipinski definition) is 4. The molecule has 1 aliphatic carbocycles. The third-order valence-corrected chi connectivity index (χ3v) is 4.02. The maximum atomic E-state index is 4.73. The molecule has 0 spiro atoms. The quantitative estimate of drug-likeness (QED) is 0.906. The predicted octanol–water partition coefficient (Wildman–Crippen LogP) is 2.29. The van der Waals surface area contributed by atoms with Gasteiger partial charge in [-0.15, -0.1) is 0 Å². The summed E-state index contributed by atoms with van der Waals surface area (Å²) in [5, 5.41) is 8.00. The average Bonchev–Trinajstić information content (AvgIpc) is 3.16. The molecule has 1 saturated carbocycles. The van der Waals surface area contributed by atoms with Crippen molar-refractivity contribution in [3.63, 3.8) is 0 Å². The van der Waals surface area contributed by atoms with E-state index in [1.54, 1.807) is 12.4 Å². The molecule has 5 heteroatoms. The summed E-state index contributed by atoms with van der Waals surface area (Å²) in [6.45, 7) is 0. The molecule has 0 saturated heterocycles. The molecule has 1 aliphatic rings. The molecule has 3 rings (SSSR count). The van der Waals surface area contributed by atoms with Crippen LogP contribution in [0.5, 0.6) is 0 Å². The van der Waals surface area contributed by atoms with Gasteiger partial charge in [0.05, 0.1) is 17.8 Å². The Morgan fingerprint density at radius 3 is 2.75 bits per heavy atom. The minimum absolute atomic E-state index is 0.114. The highest BCUT2D eigenvalue weighted by Gasteiger charge is 2.19. The topological polar surface area (TPSA) is 55.6 Å². The molecule has 5 nitrogen and oxygen atoms in total. The van der Waals surface area contributed by atoms with Gasteiger partial charge in [0.25, 0.3) is 0 Å². The third-order valence-electron chi connectivity index (χ3n) is 4.02. The van der Waals surface area contributed by atoms with E-state index in [0.29, 0.717) is 6.04 Å². The molecule has 106 valence electrons. The van der Waals surface area contributed by atoms with Crippen molar-refractivity contribution in [2.75, 3.05) is 7.05 Å². The normalized spacial score (nSPS) is 17.4. The van der Waals surface area contributed by atoms with E-state index in [0.717, 1.165) is 17.9 Å². The lowest BCUT2D eigenvalue weighted by molar-refractivity contribution is 0.457. The van der Waals surface area contributed by atoms with Gasteiger partial charge in [-0.2, -0.15) is 5.10 Å². The van der Waals surface area contributed by atoms with E-state index in [2.05, 4.69) is 32.2 Å². The Labute approximate surface area is 119 Å². The first-order valence-corrected chi connectivity index (χ1v) is 7.35. The van der Waals surface area contributed by atoms with Gasteiger partial charge in [-0.25, -0.2) is 9.97 Å². The lowest BCUT2D eigenvalue weighted by atomic mass is 10.1. The van der Waals surface area contributed by atoms with Crippen LogP contribution in [0.25, 0.3) is 0 Å². The van der Waals surface area contributed by atoms with Gasteiger partial charge in [0.1, 0.15) is 5.82 Å². The molecule has 0 radical (unpaired) electrons. The Morgan fingerprint density at radius 2 is 2.05 bits per heavy atom. The van der Waals surface area contributed by atoms with E-state index in [1.165, 1.54) is 25.7 Å². The number of nitrogens with zero attached hydrogens (tertiary/aromatic N) is 4. The van der Waals surface area contributed by atoms with Crippen molar-refractivity contribution < 1.29 is 0 Å². The molecule has 2 aromatic heterocycles. The van der Waals surface area contributed by atoms with Gasteiger partial charge in [0.15, 0.2) is 0 Å². The lowest BCUT2D eigenvalue weighted by Crippen LogP contribution is -2.21. The van der Waals surface area contributed by atoms with E-state index in [4.69, 9.17) is 5.10 Å². The van der Waals surface area contributed by atoms with Crippen LogP contribution in [0.1, 0.15) is 49.3 Å². The summed E-state index contributed by atoms with van der Waals surface area (Å²) < 4.78 is 2.14. The highest BCUT2D eigenvalue weighted by molar-refractivity contribution is 5.07. The molecule has 0 bridgehead atoms. The van der Waals surface area contributed by atoms with Crippen molar-refractivity contribution in [1.82, 2.24) is 25.1 Å². The van der Waals surface area contributed by atoms with Crippen LogP contribution in [0.3, 0.4) is 0 Å². The van der Waals surface area contributed by atoms with Crippen LogP contribution < -0.4 is 5.32 Å². The van der Waals surface area contributed by atoms with Gasteiger partial charge in [0, 0.05) is 25.0 Å². The van der Waals surface area contributed by atoms with E-state index in [-0.39, 0.29) is 6.04 Å². The zero-order chi connectivity index (χ0) is 13.8. The summed E-state index contributed by atoms with van der Waals surface area (Å²) in [6.07, 6.45) is 11.7. The van der Waals surface area contributed by atoms with Crippen molar-refractivity contribution >= 4 is 0 Å². The van der Waals surface area contributed by atoms with Gasteiger partial charge in [-0.1, -0.05) is 12.8 Å². The van der Waals surface area contributed by atoms with Crippen molar-refractivity contribution in [3.05, 3.63) is 42.2 Å². The van der Waals surface area contributed by atoms with Crippen LogP contribution in [0.4, 0.5) is 0 Å². The Kier molecular flexibility index (Phi) is 4.06. The largest absolute Gasteiger partial charge is 0.310 e. The second-order valence-corrected chi connectivity index (χ2v) is 5.38. The fourth-order valence-corrected chi connectivity index (χ4v) is 2.88. The average molecular weight is 271 g/mol. The van der Waals surface area contributed by atoms with Crippen molar-refractivity contribution in [3.8, 4) is 0 Å². The fraction of sp³-hybridized carbons (Fsp3) is 0.533. The Balaban J connectivity index is 1.70. The number of nitrogens with one attached hydrogen (secondary N) is 1. The molecule has 2 heterocycles. The monoisotopic (exact) mass is 271 g/mol. The Bertz CT molecular complexity index is 530. The van der Waals surface area contributed by atoms with E-state index in [1.807, 2.05) is 13.1 Å². The third kappa shape index (κ3) is 2.88. The number of likely N-dealkylation sites (N-methyl/N-ethyl adjacent to an activating group) is 1. The maximum absolute atomic E-state index is 4.73. The number of hydrogen-bond donors (Lipinski definition) is 1. The van der Waals surface area contributed by atoms with Crippen LogP contribution >= 0.6 is 0 Å². The second kappa shape index (κ2) is 6.13. The number of rotatable bonds is 5. The second-order valence-electron chi connectivity index (χ2n) is 5.38. The summed E-state index contributed by atoms with van der Waals surface area (Å²) in [6, 6.07) is 4.67. The van der Waals surface area contributed by atoms with E-state index < -0.39 is 0 Å². The van der Waals surface area contributed by atoms with Crippen LogP contribution in [0.2, 0.25) is 0 Å². The first-order valence-electron chi connectivity index (χ1n) is 7.35. The lowest BCUT2D eigenvalue weighted by Gasteiger charge is -2.13. The highest BCUT2D eigenvalue weighted by atomic mass is 15.3. The minimum Gasteiger partial charge on any atom is -0.310 e. The van der Waals surface area contributed by atoms with E-state index >= 15 is 0 Å². The molecule has 0 amide bonds. The zero-order valence-corrected chi connectivity index (χ0v) is 11.9. The first kappa shape index (κ1) is 13.2. The van der Waals surface area contributed by atoms with Crippen LogP contribution in [0.15, 0.2) is 30.7 Å². The van der Waals surface area contributed by atoms with Crippen LogP contribution in [-0.2, 0) is 6.42 Å². The van der Waals surface area contributed by atoms with Gasteiger partial charge >= 0.3 is 0 Å². The smallest absolute Gasteiger partial charge is 0.145 e. The summed E-state index contributed by atoms with van der Waals surface area (Å²) in [5.41, 5.74) is 1.10. The molecule has 1 N–H and O–H groups in total. The van der Waals surface area contributed by atoms with Gasteiger partial charge in [-0.05, 0) is 32.0 Å². The SMILES string of the molecule is CNC(Cc1ccn(C2CCCC2)n1)c1ncccn1. The van der Waals surface area contributed by atoms with Gasteiger partial charge in [0.2, 0.25) is 0 Å². The predicted molar refractivity (Wildman–Crippen MR) is 77.3 cm³/mol. The highest BCUT2D eigenvalue weighted by Crippen LogP contribution is 2.29. The Hall–Kier alpha value is -1.75.